The third kappa shape index (κ3) is 5.74. The molecule has 1 saturated heterocycles. The molecule has 2 N–H and O–H groups in total. The van der Waals surface area contributed by atoms with Crippen LogP contribution >= 0.6 is 0 Å². The number of anilines is 1. The molecule has 5 nitrogen and oxygen atoms in total. The third-order valence-electron chi connectivity index (χ3n) is 6.54. The van der Waals surface area contributed by atoms with Crippen LogP contribution in [0.15, 0.2) is 18.2 Å². The fourth-order valence-corrected chi connectivity index (χ4v) is 4.92. The van der Waals surface area contributed by atoms with Gasteiger partial charge in [-0.15, -0.1) is 0 Å². The zero-order chi connectivity index (χ0) is 21.0. The molecule has 3 rings (SSSR count). The molecule has 1 aliphatic heterocycles. The van der Waals surface area contributed by atoms with E-state index in [9.17, 15) is 9.59 Å². The summed E-state index contributed by atoms with van der Waals surface area (Å²) >= 11 is 0. The number of carbonyl (C=O) groups is 2. The molecule has 4 atom stereocenters. The minimum atomic E-state index is 0.0264. The lowest BCUT2D eigenvalue weighted by Gasteiger charge is -2.35. The van der Waals surface area contributed by atoms with Crippen LogP contribution in [0.3, 0.4) is 0 Å². The predicted octanol–water partition coefficient (Wildman–Crippen LogP) is 4.22. The van der Waals surface area contributed by atoms with Crippen molar-refractivity contribution in [3.63, 3.8) is 0 Å². The molecule has 2 fully saturated rings. The van der Waals surface area contributed by atoms with Gasteiger partial charge >= 0.3 is 0 Å². The predicted molar refractivity (Wildman–Crippen MR) is 118 cm³/mol. The maximum atomic E-state index is 13.0. The summed E-state index contributed by atoms with van der Waals surface area (Å²) in [6.45, 7) is 10.5. The molecular formula is C24H37N3O2. The van der Waals surface area contributed by atoms with Crippen LogP contribution in [0.5, 0.6) is 0 Å². The fraction of sp³-hybridized carbons (Fsp3) is 0.667. The van der Waals surface area contributed by atoms with Crippen molar-refractivity contribution in [2.24, 2.45) is 17.8 Å². The van der Waals surface area contributed by atoms with Gasteiger partial charge in [-0.3, -0.25) is 9.59 Å². The maximum Gasteiger partial charge on any atom is 0.253 e. The standard InChI is InChI=1S/C24H37N3O2/c1-16-11-17(2)15-27(14-16)24(29)20-10-9-19(4)22(12-20)25-13-23(28)26-21-8-6-5-7-18(21)3/h9-10,12,16-18,21,25H,5-8,11,13-15H2,1-4H3,(H,26,28). The molecule has 1 saturated carbocycles. The number of hydrogen-bond acceptors (Lipinski definition) is 3. The summed E-state index contributed by atoms with van der Waals surface area (Å²) in [5, 5.41) is 6.43. The van der Waals surface area contributed by atoms with Gasteiger partial charge in [-0.05, 0) is 61.6 Å². The van der Waals surface area contributed by atoms with Gasteiger partial charge < -0.3 is 15.5 Å². The van der Waals surface area contributed by atoms with Gasteiger partial charge in [0, 0.05) is 30.4 Å². The highest BCUT2D eigenvalue weighted by molar-refractivity contribution is 5.95. The van der Waals surface area contributed by atoms with E-state index in [2.05, 4.69) is 31.4 Å². The van der Waals surface area contributed by atoms with E-state index in [4.69, 9.17) is 0 Å². The van der Waals surface area contributed by atoms with Gasteiger partial charge in [0.25, 0.3) is 5.91 Å². The topological polar surface area (TPSA) is 61.4 Å². The molecular weight excluding hydrogens is 362 g/mol. The molecule has 1 aromatic carbocycles. The van der Waals surface area contributed by atoms with Crippen molar-refractivity contribution in [2.45, 2.75) is 65.8 Å². The summed E-state index contributed by atoms with van der Waals surface area (Å²) in [5.74, 6) is 1.74. The first-order chi connectivity index (χ1) is 13.8. The minimum Gasteiger partial charge on any atom is -0.376 e. The zero-order valence-corrected chi connectivity index (χ0v) is 18.5. The Morgan fingerprint density at radius 1 is 1.07 bits per heavy atom. The molecule has 2 aliphatic rings. The van der Waals surface area contributed by atoms with Crippen molar-refractivity contribution in [3.05, 3.63) is 29.3 Å². The third-order valence-corrected chi connectivity index (χ3v) is 6.54. The Morgan fingerprint density at radius 3 is 2.45 bits per heavy atom. The second kappa shape index (κ2) is 9.64. The summed E-state index contributed by atoms with van der Waals surface area (Å²) in [6, 6.07) is 6.05. The number of rotatable bonds is 5. The highest BCUT2D eigenvalue weighted by Gasteiger charge is 2.26. The van der Waals surface area contributed by atoms with E-state index >= 15 is 0 Å². The number of nitrogens with zero attached hydrogens (tertiary/aromatic N) is 1. The second-order valence-corrected chi connectivity index (χ2v) is 9.48. The molecule has 1 aliphatic carbocycles. The highest BCUT2D eigenvalue weighted by Crippen LogP contribution is 2.25. The van der Waals surface area contributed by atoms with E-state index < -0.39 is 0 Å². The smallest absolute Gasteiger partial charge is 0.253 e. The first-order valence-corrected chi connectivity index (χ1v) is 11.3. The maximum absolute atomic E-state index is 13.0. The molecule has 0 bridgehead atoms. The first kappa shape index (κ1) is 21.7. The Hall–Kier alpha value is -2.04. The summed E-state index contributed by atoms with van der Waals surface area (Å²) in [4.78, 5) is 27.4. The number of amides is 2. The van der Waals surface area contributed by atoms with Crippen LogP contribution in [0.4, 0.5) is 5.69 Å². The molecule has 1 aromatic rings. The van der Waals surface area contributed by atoms with Crippen LogP contribution in [0, 0.1) is 24.7 Å². The van der Waals surface area contributed by atoms with Crippen LogP contribution in [-0.2, 0) is 4.79 Å². The number of benzene rings is 1. The number of nitrogens with one attached hydrogen (secondary N) is 2. The Labute approximate surface area is 175 Å². The molecule has 29 heavy (non-hydrogen) atoms. The summed E-state index contributed by atoms with van der Waals surface area (Å²) < 4.78 is 0. The Morgan fingerprint density at radius 2 is 1.76 bits per heavy atom. The van der Waals surface area contributed by atoms with Gasteiger partial charge in [-0.2, -0.15) is 0 Å². The van der Waals surface area contributed by atoms with Crippen molar-refractivity contribution in [2.75, 3.05) is 25.0 Å². The molecule has 2 amide bonds. The SMILES string of the molecule is Cc1ccc(C(=O)N2CC(C)CC(C)C2)cc1NCC(=O)NC1CCCCC1C. The van der Waals surface area contributed by atoms with Crippen molar-refractivity contribution < 1.29 is 9.59 Å². The second-order valence-electron chi connectivity index (χ2n) is 9.48. The van der Waals surface area contributed by atoms with Crippen LogP contribution in [0.2, 0.25) is 0 Å². The normalized spacial score (nSPS) is 27.4. The quantitative estimate of drug-likeness (QED) is 0.779. The van der Waals surface area contributed by atoms with E-state index in [1.807, 2.05) is 30.0 Å². The molecule has 4 unspecified atom stereocenters. The van der Waals surface area contributed by atoms with Crippen molar-refractivity contribution in [1.82, 2.24) is 10.2 Å². The van der Waals surface area contributed by atoms with Crippen molar-refractivity contribution >= 4 is 17.5 Å². The van der Waals surface area contributed by atoms with E-state index in [0.29, 0.717) is 23.3 Å². The van der Waals surface area contributed by atoms with Crippen LogP contribution < -0.4 is 10.6 Å². The number of hydrogen-bond donors (Lipinski definition) is 2. The summed E-state index contributed by atoms with van der Waals surface area (Å²) in [5.41, 5.74) is 2.60. The lowest BCUT2D eigenvalue weighted by molar-refractivity contribution is -0.120. The largest absolute Gasteiger partial charge is 0.376 e. The van der Waals surface area contributed by atoms with Crippen LogP contribution in [0.25, 0.3) is 0 Å². The lowest BCUT2D eigenvalue weighted by atomic mass is 9.86. The van der Waals surface area contributed by atoms with Crippen molar-refractivity contribution in [1.29, 1.82) is 0 Å². The van der Waals surface area contributed by atoms with Crippen LogP contribution in [0.1, 0.15) is 68.8 Å². The Balaban J connectivity index is 1.60. The summed E-state index contributed by atoms with van der Waals surface area (Å²) in [6.07, 6.45) is 5.90. The van der Waals surface area contributed by atoms with E-state index in [0.717, 1.165) is 30.8 Å². The minimum absolute atomic E-state index is 0.0264. The molecule has 0 radical (unpaired) electrons. The number of aryl methyl sites for hydroxylation is 1. The average Bonchev–Trinajstić information content (AvgIpc) is 2.68. The average molecular weight is 400 g/mol. The van der Waals surface area contributed by atoms with E-state index in [-0.39, 0.29) is 24.4 Å². The van der Waals surface area contributed by atoms with Gasteiger partial charge in [-0.25, -0.2) is 0 Å². The number of carbonyl (C=O) groups excluding carboxylic acids is 2. The Bertz CT molecular complexity index is 723. The molecule has 5 heteroatoms. The van der Waals surface area contributed by atoms with Gasteiger partial charge in [0.05, 0.1) is 6.54 Å². The number of likely N-dealkylation sites (tertiary alicyclic amines) is 1. The molecule has 160 valence electrons. The Kier molecular flexibility index (Phi) is 7.20. The fourth-order valence-electron chi connectivity index (χ4n) is 4.92. The van der Waals surface area contributed by atoms with Crippen LogP contribution in [-0.4, -0.2) is 42.4 Å². The van der Waals surface area contributed by atoms with E-state index in [1.165, 1.54) is 25.7 Å². The zero-order valence-electron chi connectivity index (χ0n) is 18.5. The molecule has 1 heterocycles. The highest BCUT2D eigenvalue weighted by atomic mass is 16.2. The summed E-state index contributed by atoms with van der Waals surface area (Å²) in [7, 11) is 0. The lowest BCUT2D eigenvalue weighted by Crippen LogP contribution is -2.43. The van der Waals surface area contributed by atoms with E-state index in [1.54, 1.807) is 0 Å². The first-order valence-electron chi connectivity index (χ1n) is 11.3. The molecule has 0 spiro atoms. The van der Waals surface area contributed by atoms with Gasteiger partial charge in [0.2, 0.25) is 5.91 Å². The monoisotopic (exact) mass is 399 g/mol. The van der Waals surface area contributed by atoms with Gasteiger partial charge in [0.1, 0.15) is 0 Å². The van der Waals surface area contributed by atoms with Gasteiger partial charge in [-0.1, -0.05) is 39.7 Å². The van der Waals surface area contributed by atoms with Gasteiger partial charge in [0.15, 0.2) is 0 Å². The molecule has 0 aromatic heterocycles. The van der Waals surface area contributed by atoms with Crippen molar-refractivity contribution in [3.8, 4) is 0 Å². The number of piperidine rings is 1.